The Balaban J connectivity index is 2.78. The van der Waals surface area contributed by atoms with Crippen LogP contribution in [0.3, 0.4) is 0 Å². The molecule has 0 amide bonds. The fraction of sp³-hybridized carbons (Fsp3) is 0.364. The van der Waals surface area contributed by atoms with Crippen LogP contribution >= 0.6 is 15.9 Å². The summed E-state index contributed by atoms with van der Waals surface area (Å²) in [6.07, 6.45) is 0. The first-order valence-corrected chi connectivity index (χ1v) is 5.31. The molecule has 14 heavy (non-hydrogen) atoms. The minimum atomic E-state index is -0.163. The van der Waals surface area contributed by atoms with Crippen molar-refractivity contribution in [2.24, 2.45) is 4.99 Å². The van der Waals surface area contributed by atoms with Crippen LogP contribution in [0.1, 0.15) is 26.3 Å². The Morgan fingerprint density at radius 1 is 1.36 bits per heavy atom. The van der Waals surface area contributed by atoms with E-state index in [0.29, 0.717) is 5.75 Å². The lowest BCUT2D eigenvalue weighted by atomic mass is 9.82. The molecular weight excluding hydrogens is 242 g/mol. The van der Waals surface area contributed by atoms with Crippen molar-refractivity contribution < 1.29 is 5.11 Å². The molecular formula is C11H12BrNO. The van der Waals surface area contributed by atoms with Gasteiger partial charge in [0.05, 0.1) is 5.69 Å². The van der Waals surface area contributed by atoms with E-state index in [4.69, 9.17) is 0 Å². The fourth-order valence-corrected chi connectivity index (χ4v) is 2.19. The van der Waals surface area contributed by atoms with Crippen LogP contribution in [-0.2, 0) is 5.41 Å². The highest BCUT2D eigenvalue weighted by Gasteiger charge is 2.35. The van der Waals surface area contributed by atoms with Gasteiger partial charge in [0.2, 0.25) is 0 Å². The van der Waals surface area contributed by atoms with Crippen LogP contribution in [0.2, 0.25) is 0 Å². The largest absolute Gasteiger partial charge is 0.508 e. The first-order chi connectivity index (χ1) is 6.44. The Morgan fingerprint density at radius 3 is 2.57 bits per heavy atom. The third kappa shape index (κ3) is 1.12. The lowest BCUT2D eigenvalue weighted by Gasteiger charge is -2.20. The Kier molecular flexibility index (Phi) is 1.96. The van der Waals surface area contributed by atoms with Crippen LogP contribution in [0.4, 0.5) is 5.69 Å². The van der Waals surface area contributed by atoms with Gasteiger partial charge in [-0.2, -0.15) is 0 Å². The van der Waals surface area contributed by atoms with Gasteiger partial charge in [0.25, 0.3) is 0 Å². The summed E-state index contributed by atoms with van der Waals surface area (Å²) in [5.74, 6) is 0.328. The van der Waals surface area contributed by atoms with Gasteiger partial charge in [-0.3, -0.25) is 4.99 Å². The van der Waals surface area contributed by atoms with Crippen LogP contribution in [0, 0.1) is 0 Å². The molecule has 0 aliphatic carbocycles. The first-order valence-electron chi connectivity index (χ1n) is 4.52. The molecule has 1 aliphatic rings. The van der Waals surface area contributed by atoms with Crippen LogP contribution in [0.15, 0.2) is 21.6 Å². The van der Waals surface area contributed by atoms with Crippen molar-refractivity contribution in [2.75, 3.05) is 0 Å². The maximum atomic E-state index is 9.82. The number of aromatic hydroxyl groups is 1. The Bertz CT molecular complexity index is 435. The third-order valence-electron chi connectivity index (χ3n) is 2.92. The second-order valence-electron chi connectivity index (χ2n) is 4.11. The molecule has 0 atom stereocenters. The third-order valence-corrected chi connectivity index (χ3v) is 3.56. The van der Waals surface area contributed by atoms with Crippen molar-refractivity contribution in [2.45, 2.75) is 26.2 Å². The van der Waals surface area contributed by atoms with Gasteiger partial charge in [-0.15, -0.1) is 0 Å². The molecule has 3 heteroatoms. The van der Waals surface area contributed by atoms with E-state index in [1.165, 1.54) is 0 Å². The second-order valence-corrected chi connectivity index (χ2v) is 4.97. The molecule has 0 unspecified atom stereocenters. The maximum absolute atomic E-state index is 9.82. The van der Waals surface area contributed by atoms with E-state index in [-0.39, 0.29) is 5.41 Å². The van der Waals surface area contributed by atoms with Gasteiger partial charge in [-0.05, 0) is 35.0 Å². The smallest absolute Gasteiger partial charge is 0.121 e. The van der Waals surface area contributed by atoms with Crippen LogP contribution in [0.25, 0.3) is 0 Å². The lowest BCUT2D eigenvalue weighted by Crippen LogP contribution is -2.22. The second kappa shape index (κ2) is 2.83. The van der Waals surface area contributed by atoms with Gasteiger partial charge >= 0.3 is 0 Å². The summed E-state index contributed by atoms with van der Waals surface area (Å²) in [4.78, 5) is 4.47. The quantitative estimate of drug-likeness (QED) is 0.754. The number of hydrogen-bond donors (Lipinski definition) is 1. The molecule has 1 aliphatic heterocycles. The van der Waals surface area contributed by atoms with E-state index in [0.717, 1.165) is 21.4 Å². The molecule has 1 aromatic rings. The number of aliphatic imine (C=N–C) groups is 1. The zero-order chi connectivity index (χ0) is 10.5. The molecule has 1 aromatic carbocycles. The average molecular weight is 254 g/mol. The number of phenolic OH excluding ortho intramolecular Hbond substituents is 1. The van der Waals surface area contributed by atoms with E-state index >= 15 is 0 Å². The number of fused-ring (bicyclic) bond motifs is 1. The molecule has 1 heterocycles. The maximum Gasteiger partial charge on any atom is 0.121 e. The highest BCUT2D eigenvalue weighted by Crippen LogP contribution is 2.48. The highest BCUT2D eigenvalue weighted by atomic mass is 79.9. The minimum Gasteiger partial charge on any atom is -0.508 e. The van der Waals surface area contributed by atoms with E-state index in [2.05, 4.69) is 34.8 Å². The molecule has 2 rings (SSSR count). The fourth-order valence-electron chi connectivity index (χ4n) is 1.77. The molecule has 0 aromatic heterocycles. The van der Waals surface area contributed by atoms with Gasteiger partial charge in [0.15, 0.2) is 0 Å². The number of halogens is 1. The number of rotatable bonds is 0. The topological polar surface area (TPSA) is 32.6 Å². The Labute approximate surface area is 91.8 Å². The van der Waals surface area contributed by atoms with Crippen molar-refractivity contribution in [1.29, 1.82) is 0 Å². The van der Waals surface area contributed by atoms with Gasteiger partial charge in [-0.1, -0.05) is 13.8 Å². The van der Waals surface area contributed by atoms with Crippen molar-refractivity contribution >= 4 is 27.3 Å². The molecule has 0 saturated heterocycles. The molecule has 74 valence electrons. The van der Waals surface area contributed by atoms with Crippen LogP contribution in [0.5, 0.6) is 5.75 Å². The summed E-state index contributed by atoms with van der Waals surface area (Å²) in [6.45, 7) is 6.14. The standard InChI is InChI=1S/C11H12BrNO/c1-6-11(2,3)9-8(14)5-4-7(12)10(9)13-6/h4-5,14H,1-3H3. The Hall–Kier alpha value is -0.830. The molecule has 0 radical (unpaired) electrons. The average Bonchev–Trinajstić information content (AvgIpc) is 2.33. The molecule has 0 saturated carbocycles. The summed E-state index contributed by atoms with van der Waals surface area (Å²) in [7, 11) is 0. The summed E-state index contributed by atoms with van der Waals surface area (Å²) in [6, 6.07) is 3.53. The van der Waals surface area contributed by atoms with Crippen molar-refractivity contribution in [1.82, 2.24) is 0 Å². The number of nitrogens with zero attached hydrogens (tertiary/aromatic N) is 1. The first kappa shape index (κ1) is 9.71. The monoisotopic (exact) mass is 253 g/mol. The van der Waals surface area contributed by atoms with E-state index in [9.17, 15) is 5.11 Å². The predicted molar refractivity (Wildman–Crippen MR) is 61.6 cm³/mol. The molecule has 0 spiro atoms. The zero-order valence-corrected chi connectivity index (χ0v) is 10.0. The van der Waals surface area contributed by atoms with Crippen molar-refractivity contribution in [3.63, 3.8) is 0 Å². The van der Waals surface area contributed by atoms with E-state index in [1.807, 2.05) is 13.0 Å². The van der Waals surface area contributed by atoms with E-state index in [1.54, 1.807) is 6.07 Å². The molecule has 0 bridgehead atoms. The van der Waals surface area contributed by atoms with Gasteiger partial charge in [-0.25, -0.2) is 0 Å². The predicted octanol–water partition coefficient (Wildman–Crippen LogP) is 3.54. The number of benzene rings is 1. The van der Waals surface area contributed by atoms with Gasteiger partial charge in [0.1, 0.15) is 5.75 Å². The zero-order valence-electron chi connectivity index (χ0n) is 8.43. The normalized spacial score (nSPS) is 17.9. The van der Waals surface area contributed by atoms with Crippen molar-refractivity contribution in [3.8, 4) is 5.75 Å². The molecule has 1 N–H and O–H groups in total. The summed E-state index contributed by atoms with van der Waals surface area (Å²) < 4.78 is 0.940. The van der Waals surface area contributed by atoms with Crippen molar-refractivity contribution in [3.05, 3.63) is 22.2 Å². The SMILES string of the molecule is CC1=Nc2c(Br)ccc(O)c2C1(C)C. The van der Waals surface area contributed by atoms with Gasteiger partial charge in [0, 0.05) is 21.2 Å². The van der Waals surface area contributed by atoms with Crippen LogP contribution < -0.4 is 0 Å². The highest BCUT2D eigenvalue weighted by molar-refractivity contribution is 9.10. The minimum absolute atomic E-state index is 0.163. The summed E-state index contributed by atoms with van der Waals surface area (Å²) in [5, 5.41) is 9.82. The number of hydrogen-bond acceptors (Lipinski definition) is 2. The summed E-state index contributed by atoms with van der Waals surface area (Å²) >= 11 is 3.44. The molecule has 2 nitrogen and oxygen atoms in total. The van der Waals surface area contributed by atoms with Gasteiger partial charge < -0.3 is 5.11 Å². The number of phenols is 1. The van der Waals surface area contributed by atoms with Crippen LogP contribution in [-0.4, -0.2) is 10.8 Å². The lowest BCUT2D eigenvalue weighted by molar-refractivity contribution is 0.460. The summed E-state index contributed by atoms with van der Waals surface area (Å²) in [5.41, 5.74) is 2.66. The molecule has 0 fully saturated rings. The Morgan fingerprint density at radius 2 is 2.00 bits per heavy atom. The van der Waals surface area contributed by atoms with E-state index < -0.39 is 0 Å².